The summed E-state index contributed by atoms with van der Waals surface area (Å²) in [6.07, 6.45) is 5.93. The van der Waals surface area contributed by atoms with E-state index in [0.717, 1.165) is 49.2 Å². The molecule has 3 aromatic heterocycles. The third-order valence-corrected chi connectivity index (χ3v) is 5.42. The summed E-state index contributed by atoms with van der Waals surface area (Å²) in [4.78, 5) is 16.0. The topological polar surface area (TPSA) is 87.0 Å². The van der Waals surface area contributed by atoms with E-state index in [9.17, 15) is 0 Å². The third kappa shape index (κ3) is 4.93. The van der Waals surface area contributed by atoms with Crippen LogP contribution in [0.3, 0.4) is 0 Å². The van der Waals surface area contributed by atoms with Crippen molar-refractivity contribution in [3.8, 4) is 17.3 Å². The smallest absolute Gasteiger partial charge is 0.132 e. The maximum absolute atomic E-state index is 9.12. The lowest BCUT2D eigenvalue weighted by Gasteiger charge is -2.27. The van der Waals surface area contributed by atoms with Crippen LogP contribution in [0.15, 0.2) is 48.8 Å². The van der Waals surface area contributed by atoms with Gasteiger partial charge in [0, 0.05) is 31.0 Å². The lowest BCUT2D eigenvalue weighted by atomic mass is 10.1. The molecular weight excluding hydrogens is 412 g/mol. The van der Waals surface area contributed by atoms with Crippen molar-refractivity contribution < 1.29 is 4.74 Å². The van der Waals surface area contributed by atoms with E-state index >= 15 is 0 Å². The zero-order valence-electron chi connectivity index (χ0n) is 17.0. The highest BCUT2D eigenvalue weighted by molar-refractivity contribution is 5.85. The predicted molar refractivity (Wildman–Crippen MR) is 122 cm³/mol. The number of nitriles is 1. The molecule has 0 spiro atoms. The maximum atomic E-state index is 9.12. The zero-order valence-corrected chi connectivity index (χ0v) is 17.8. The molecule has 31 heavy (non-hydrogen) atoms. The summed E-state index contributed by atoms with van der Waals surface area (Å²) in [6.45, 7) is 3.21. The van der Waals surface area contributed by atoms with Crippen LogP contribution >= 0.6 is 12.4 Å². The Labute approximate surface area is 187 Å². The summed E-state index contributed by atoms with van der Waals surface area (Å²) in [7, 11) is 0. The van der Waals surface area contributed by atoms with E-state index < -0.39 is 0 Å². The van der Waals surface area contributed by atoms with Crippen LogP contribution in [0.5, 0.6) is 0 Å². The molecule has 5 rings (SSSR count). The maximum Gasteiger partial charge on any atom is 0.132 e. The van der Waals surface area contributed by atoms with E-state index in [-0.39, 0.29) is 12.4 Å². The lowest BCUT2D eigenvalue weighted by Crippen LogP contribution is -2.36. The van der Waals surface area contributed by atoms with Crippen LogP contribution in [0.2, 0.25) is 0 Å². The summed E-state index contributed by atoms with van der Waals surface area (Å²) in [5.74, 6) is 2.90. The fourth-order valence-electron chi connectivity index (χ4n) is 3.63. The number of aromatic nitrogens is 3. The molecule has 4 heterocycles. The largest absolute Gasteiger partial charge is 0.378 e. The highest BCUT2D eigenvalue weighted by Gasteiger charge is 2.25. The highest BCUT2D eigenvalue weighted by atomic mass is 35.5. The minimum atomic E-state index is 0. The van der Waals surface area contributed by atoms with E-state index in [2.05, 4.69) is 50.5 Å². The van der Waals surface area contributed by atoms with Crippen molar-refractivity contribution in [2.75, 3.05) is 36.5 Å². The van der Waals surface area contributed by atoms with Gasteiger partial charge in [0.1, 0.15) is 17.5 Å². The minimum Gasteiger partial charge on any atom is -0.378 e. The number of rotatable bonds is 5. The van der Waals surface area contributed by atoms with Gasteiger partial charge in [-0.15, -0.1) is 12.4 Å². The van der Waals surface area contributed by atoms with Crippen molar-refractivity contribution >= 4 is 29.9 Å². The van der Waals surface area contributed by atoms with Crippen molar-refractivity contribution in [2.24, 2.45) is 0 Å². The third-order valence-electron chi connectivity index (χ3n) is 5.42. The molecule has 0 radical (unpaired) electrons. The van der Waals surface area contributed by atoms with Gasteiger partial charge in [0.25, 0.3) is 0 Å². The van der Waals surface area contributed by atoms with Crippen LogP contribution in [0.4, 0.5) is 17.5 Å². The van der Waals surface area contributed by atoms with Crippen molar-refractivity contribution in [2.45, 2.75) is 18.8 Å². The van der Waals surface area contributed by atoms with E-state index in [1.54, 1.807) is 18.3 Å². The molecule has 1 saturated carbocycles. The Kier molecular flexibility index (Phi) is 6.31. The van der Waals surface area contributed by atoms with Crippen LogP contribution in [-0.2, 0) is 4.74 Å². The van der Waals surface area contributed by atoms with Crippen molar-refractivity contribution in [3.05, 3.63) is 59.9 Å². The Morgan fingerprint density at radius 1 is 1.03 bits per heavy atom. The molecule has 1 aliphatic carbocycles. The van der Waals surface area contributed by atoms with Gasteiger partial charge in [-0.05, 0) is 60.7 Å². The number of hydrogen-bond acceptors (Lipinski definition) is 7. The number of anilines is 3. The van der Waals surface area contributed by atoms with Gasteiger partial charge in [0.15, 0.2) is 0 Å². The van der Waals surface area contributed by atoms with Crippen LogP contribution in [0.1, 0.15) is 29.9 Å². The van der Waals surface area contributed by atoms with Crippen molar-refractivity contribution in [3.63, 3.8) is 0 Å². The first-order valence-corrected chi connectivity index (χ1v) is 10.2. The Bertz CT molecular complexity index is 1090. The first-order valence-electron chi connectivity index (χ1n) is 10.2. The molecule has 1 saturated heterocycles. The van der Waals surface area contributed by atoms with Crippen LogP contribution in [0, 0.1) is 11.3 Å². The van der Waals surface area contributed by atoms with Gasteiger partial charge in [0.05, 0.1) is 30.5 Å². The minimum absolute atomic E-state index is 0. The lowest BCUT2D eigenvalue weighted by molar-refractivity contribution is 0.122. The molecule has 0 unspecified atom stereocenters. The average molecular weight is 435 g/mol. The Morgan fingerprint density at radius 2 is 1.87 bits per heavy atom. The quantitative estimate of drug-likeness (QED) is 0.640. The summed E-state index contributed by atoms with van der Waals surface area (Å²) in [5.41, 5.74) is 3.71. The molecule has 0 bridgehead atoms. The van der Waals surface area contributed by atoms with Gasteiger partial charge in [-0.3, -0.25) is 0 Å². The monoisotopic (exact) mass is 434 g/mol. The number of hydrogen-bond donors (Lipinski definition) is 1. The van der Waals surface area contributed by atoms with Crippen molar-refractivity contribution in [1.82, 2.24) is 15.0 Å². The molecule has 0 amide bonds. The fraction of sp³-hybridized carbons (Fsp3) is 0.304. The van der Waals surface area contributed by atoms with E-state index in [1.807, 2.05) is 6.20 Å². The van der Waals surface area contributed by atoms with Gasteiger partial charge < -0.3 is 15.0 Å². The number of ether oxygens (including phenoxy) is 1. The zero-order chi connectivity index (χ0) is 20.3. The normalized spacial score (nSPS) is 15.6. The SMILES string of the molecule is Cl.N#Cc1ccnc(Nc2cc(C3CC3)cc(-c3ccc(N4CCOCC4)nc3)n2)c1. The molecule has 2 aliphatic rings. The molecule has 0 aromatic carbocycles. The molecular formula is C23H23ClN6O. The van der Waals surface area contributed by atoms with Gasteiger partial charge in [-0.1, -0.05) is 0 Å². The van der Waals surface area contributed by atoms with Gasteiger partial charge in [-0.2, -0.15) is 5.26 Å². The summed E-state index contributed by atoms with van der Waals surface area (Å²) >= 11 is 0. The van der Waals surface area contributed by atoms with Crippen LogP contribution in [-0.4, -0.2) is 41.3 Å². The highest BCUT2D eigenvalue weighted by Crippen LogP contribution is 2.42. The first kappa shape index (κ1) is 21.0. The predicted octanol–water partition coefficient (Wildman–Crippen LogP) is 4.29. The number of morpholine rings is 1. The number of nitrogens with zero attached hydrogens (tertiary/aromatic N) is 5. The molecule has 8 heteroatoms. The molecule has 158 valence electrons. The summed E-state index contributed by atoms with van der Waals surface area (Å²) in [6, 6.07) is 13.9. The first-order chi connectivity index (χ1) is 14.8. The Hall–Kier alpha value is -3.21. The summed E-state index contributed by atoms with van der Waals surface area (Å²) < 4.78 is 5.42. The standard InChI is InChI=1S/C23H22N6O.ClH/c24-14-16-5-6-25-21(11-16)28-22-13-19(17-1-2-17)12-20(27-22)18-3-4-23(26-15-18)29-7-9-30-10-8-29;/h3-6,11-13,15,17H,1-2,7-10H2,(H,25,27,28);1H. The Balaban J connectivity index is 0.00000231. The molecule has 0 atom stereocenters. The van der Waals surface area contributed by atoms with E-state index in [1.165, 1.54) is 18.4 Å². The second-order valence-corrected chi connectivity index (χ2v) is 7.62. The van der Waals surface area contributed by atoms with Gasteiger partial charge in [0.2, 0.25) is 0 Å². The Morgan fingerprint density at radius 3 is 2.58 bits per heavy atom. The second kappa shape index (κ2) is 9.29. The second-order valence-electron chi connectivity index (χ2n) is 7.62. The van der Waals surface area contributed by atoms with Crippen molar-refractivity contribution in [1.29, 1.82) is 5.26 Å². The van der Waals surface area contributed by atoms with E-state index in [4.69, 9.17) is 15.0 Å². The van der Waals surface area contributed by atoms with Gasteiger partial charge in [-0.25, -0.2) is 15.0 Å². The molecule has 2 fully saturated rings. The van der Waals surface area contributed by atoms with Crippen LogP contribution < -0.4 is 10.2 Å². The summed E-state index contributed by atoms with van der Waals surface area (Å²) in [5, 5.41) is 12.4. The fourth-order valence-corrected chi connectivity index (χ4v) is 3.63. The van der Waals surface area contributed by atoms with E-state index in [0.29, 0.717) is 17.3 Å². The number of nitrogens with one attached hydrogen (secondary N) is 1. The molecule has 1 aliphatic heterocycles. The number of halogens is 1. The number of pyridine rings is 3. The molecule has 3 aromatic rings. The average Bonchev–Trinajstić information content (AvgIpc) is 3.65. The van der Waals surface area contributed by atoms with Crippen LogP contribution in [0.25, 0.3) is 11.3 Å². The molecule has 7 nitrogen and oxygen atoms in total. The van der Waals surface area contributed by atoms with Gasteiger partial charge >= 0.3 is 0 Å². The molecule has 1 N–H and O–H groups in total.